The molecule has 5 nitrogen and oxygen atoms in total. The Morgan fingerprint density at radius 2 is 2.35 bits per heavy atom. The van der Waals surface area contributed by atoms with Gasteiger partial charge in [0.15, 0.2) is 9.84 Å². The number of furan rings is 1. The molecule has 1 atom stereocenters. The van der Waals surface area contributed by atoms with Gasteiger partial charge in [0, 0.05) is 25.4 Å². The number of sulfone groups is 1. The number of rotatable bonds is 4. The number of nitrogens with one attached hydrogen (secondary N) is 1. The molecule has 1 aromatic rings. The van der Waals surface area contributed by atoms with Crippen LogP contribution in [0, 0.1) is 0 Å². The van der Waals surface area contributed by atoms with E-state index < -0.39 is 9.84 Å². The summed E-state index contributed by atoms with van der Waals surface area (Å²) in [5, 5.41) is 3.06. The number of ketones is 1. The van der Waals surface area contributed by atoms with Gasteiger partial charge in [0.1, 0.15) is 5.78 Å². The van der Waals surface area contributed by atoms with Crippen LogP contribution in [0.3, 0.4) is 0 Å². The molecule has 2 rings (SSSR count). The molecule has 17 heavy (non-hydrogen) atoms. The number of Topliss-reactive ketones (excluding diaryl/α,β-unsaturated/α-hetero) is 1. The first-order valence-corrected chi connectivity index (χ1v) is 7.34. The highest BCUT2D eigenvalue weighted by Gasteiger charge is 2.25. The fourth-order valence-corrected chi connectivity index (χ4v) is 3.41. The van der Waals surface area contributed by atoms with Crippen LogP contribution in [0.1, 0.15) is 12.0 Å². The van der Waals surface area contributed by atoms with E-state index in [0.29, 0.717) is 13.0 Å². The van der Waals surface area contributed by atoms with E-state index in [1.807, 2.05) is 0 Å². The lowest BCUT2D eigenvalue weighted by molar-refractivity contribution is -0.118. The van der Waals surface area contributed by atoms with Gasteiger partial charge in [-0.05, 0) is 11.6 Å². The third-order valence-corrected chi connectivity index (χ3v) is 4.49. The Morgan fingerprint density at radius 1 is 1.53 bits per heavy atom. The van der Waals surface area contributed by atoms with E-state index in [2.05, 4.69) is 5.32 Å². The maximum absolute atomic E-state index is 11.7. The molecule has 1 saturated heterocycles. The van der Waals surface area contributed by atoms with Gasteiger partial charge in [0.25, 0.3) is 0 Å². The number of carbonyl (C=O) groups is 1. The molecule has 1 aliphatic heterocycles. The third-order valence-electron chi connectivity index (χ3n) is 2.76. The van der Waals surface area contributed by atoms with Gasteiger partial charge in [-0.3, -0.25) is 4.79 Å². The molecule has 1 aromatic heterocycles. The Hall–Kier alpha value is -1.14. The summed E-state index contributed by atoms with van der Waals surface area (Å²) in [4.78, 5) is 11.7. The van der Waals surface area contributed by atoms with Crippen LogP contribution >= 0.6 is 0 Å². The molecule has 94 valence electrons. The topological polar surface area (TPSA) is 76.4 Å². The molecule has 1 unspecified atom stereocenters. The summed E-state index contributed by atoms with van der Waals surface area (Å²) in [6, 6.07) is 1.50. The van der Waals surface area contributed by atoms with Crippen molar-refractivity contribution in [3.63, 3.8) is 0 Å². The van der Waals surface area contributed by atoms with Crippen molar-refractivity contribution >= 4 is 15.6 Å². The zero-order valence-electron chi connectivity index (χ0n) is 9.39. The number of carbonyl (C=O) groups excluding carboxylic acids is 1. The zero-order valence-corrected chi connectivity index (χ0v) is 10.2. The van der Waals surface area contributed by atoms with Crippen molar-refractivity contribution < 1.29 is 17.6 Å². The Morgan fingerprint density at radius 3 is 3.00 bits per heavy atom. The van der Waals surface area contributed by atoms with Crippen LogP contribution in [-0.4, -0.2) is 38.3 Å². The molecule has 1 aliphatic rings. The fraction of sp³-hybridized carbons (Fsp3) is 0.545. The van der Waals surface area contributed by atoms with E-state index in [9.17, 15) is 13.2 Å². The zero-order chi connectivity index (χ0) is 12.3. The molecule has 0 spiro atoms. The van der Waals surface area contributed by atoms with Crippen LogP contribution in [0.5, 0.6) is 0 Å². The van der Waals surface area contributed by atoms with Crippen LogP contribution in [0.15, 0.2) is 23.0 Å². The minimum Gasteiger partial charge on any atom is -0.472 e. The van der Waals surface area contributed by atoms with Crippen molar-refractivity contribution in [3.05, 3.63) is 24.2 Å². The fourth-order valence-electron chi connectivity index (χ4n) is 1.97. The minimum atomic E-state index is -2.97. The highest BCUT2D eigenvalue weighted by Crippen LogP contribution is 2.08. The number of hydrogen-bond donors (Lipinski definition) is 1. The summed E-state index contributed by atoms with van der Waals surface area (Å²) in [6.07, 6.45) is 3.61. The lowest BCUT2D eigenvalue weighted by Gasteiger charge is -2.22. The summed E-state index contributed by atoms with van der Waals surface area (Å²) in [5.41, 5.74) is 0.827. The molecule has 0 saturated carbocycles. The van der Waals surface area contributed by atoms with Gasteiger partial charge < -0.3 is 9.73 Å². The first-order chi connectivity index (χ1) is 8.05. The Kier molecular flexibility index (Phi) is 3.63. The summed E-state index contributed by atoms with van der Waals surface area (Å²) in [6.45, 7) is 0.436. The first-order valence-electron chi connectivity index (χ1n) is 5.52. The number of hydrogen-bond acceptors (Lipinski definition) is 5. The summed E-state index contributed by atoms with van der Waals surface area (Å²) in [5.74, 6) is 0.254. The average molecular weight is 257 g/mol. The van der Waals surface area contributed by atoms with Gasteiger partial charge in [-0.1, -0.05) is 0 Å². The quantitative estimate of drug-likeness (QED) is 0.832. The molecule has 6 heteroatoms. The molecule has 1 fully saturated rings. The normalized spacial score (nSPS) is 23.4. The van der Waals surface area contributed by atoms with Crippen LogP contribution in [-0.2, 0) is 21.1 Å². The predicted octanol–water partition coefficient (Wildman–Crippen LogP) is 0.168. The molecule has 2 heterocycles. The molecular formula is C11H15NO4S. The van der Waals surface area contributed by atoms with E-state index >= 15 is 0 Å². The Bertz CT molecular complexity index is 478. The van der Waals surface area contributed by atoms with Gasteiger partial charge in [-0.2, -0.15) is 0 Å². The lowest BCUT2D eigenvalue weighted by Crippen LogP contribution is -2.46. The van der Waals surface area contributed by atoms with Crippen molar-refractivity contribution in [2.45, 2.75) is 18.9 Å². The monoisotopic (exact) mass is 257 g/mol. The molecule has 0 aromatic carbocycles. The Labute approximate surface area is 100 Å². The molecule has 0 amide bonds. The standard InChI is InChI=1S/C11H15NO4S/c13-11(5-9-1-3-16-7-9)6-10-8-17(14,15)4-2-12-10/h1,3,7,10,12H,2,4-6,8H2. The van der Waals surface area contributed by atoms with Crippen molar-refractivity contribution in [1.29, 1.82) is 0 Å². The van der Waals surface area contributed by atoms with Crippen molar-refractivity contribution in [3.8, 4) is 0 Å². The molecule has 0 radical (unpaired) electrons. The van der Waals surface area contributed by atoms with Gasteiger partial charge in [0.05, 0.1) is 24.0 Å². The second-order valence-corrected chi connectivity index (χ2v) is 6.55. The van der Waals surface area contributed by atoms with E-state index in [1.165, 1.54) is 12.5 Å². The third kappa shape index (κ3) is 3.67. The highest BCUT2D eigenvalue weighted by atomic mass is 32.2. The maximum atomic E-state index is 11.7. The van der Waals surface area contributed by atoms with E-state index in [1.54, 1.807) is 6.07 Å². The first kappa shape index (κ1) is 12.3. The molecule has 0 aliphatic carbocycles. The Balaban J connectivity index is 1.86. The van der Waals surface area contributed by atoms with Gasteiger partial charge in [-0.15, -0.1) is 0 Å². The second-order valence-electron chi connectivity index (χ2n) is 4.32. The smallest absolute Gasteiger partial charge is 0.153 e. The van der Waals surface area contributed by atoms with Gasteiger partial charge in [-0.25, -0.2) is 8.42 Å². The van der Waals surface area contributed by atoms with Crippen molar-refractivity contribution in [1.82, 2.24) is 5.32 Å². The van der Waals surface area contributed by atoms with Crippen molar-refractivity contribution in [2.75, 3.05) is 18.1 Å². The minimum absolute atomic E-state index is 0.0287. The van der Waals surface area contributed by atoms with Gasteiger partial charge >= 0.3 is 0 Å². The summed E-state index contributed by atoms with van der Waals surface area (Å²) >= 11 is 0. The lowest BCUT2D eigenvalue weighted by atomic mass is 10.1. The second kappa shape index (κ2) is 5.01. The van der Waals surface area contributed by atoms with Crippen molar-refractivity contribution in [2.24, 2.45) is 0 Å². The predicted molar refractivity (Wildman–Crippen MR) is 62.5 cm³/mol. The SMILES string of the molecule is O=C(Cc1ccoc1)CC1CS(=O)(=O)CCN1. The average Bonchev–Trinajstić information content (AvgIpc) is 2.68. The largest absolute Gasteiger partial charge is 0.472 e. The van der Waals surface area contributed by atoms with Crippen LogP contribution < -0.4 is 5.32 Å². The summed E-state index contributed by atoms with van der Waals surface area (Å²) in [7, 11) is -2.97. The molecule has 0 bridgehead atoms. The van der Waals surface area contributed by atoms with Crippen LogP contribution in [0.4, 0.5) is 0 Å². The van der Waals surface area contributed by atoms with Crippen LogP contribution in [0.2, 0.25) is 0 Å². The van der Waals surface area contributed by atoms with Crippen LogP contribution in [0.25, 0.3) is 0 Å². The maximum Gasteiger partial charge on any atom is 0.153 e. The molecule has 1 N–H and O–H groups in total. The molecular weight excluding hydrogens is 242 g/mol. The van der Waals surface area contributed by atoms with E-state index in [0.717, 1.165) is 5.56 Å². The van der Waals surface area contributed by atoms with Gasteiger partial charge in [0.2, 0.25) is 0 Å². The summed E-state index contributed by atoms with van der Waals surface area (Å²) < 4.78 is 27.7. The van der Waals surface area contributed by atoms with E-state index in [4.69, 9.17) is 4.42 Å². The highest BCUT2D eigenvalue weighted by molar-refractivity contribution is 7.91. The van der Waals surface area contributed by atoms with E-state index in [-0.39, 0.29) is 29.8 Å².